The predicted octanol–water partition coefficient (Wildman–Crippen LogP) is 2.93. The van der Waals surface area contributed by atoms with E-state index in [-0.39, 0.29) is 17.8 Å². The third-order valence-electron chi connectivity index (χ3n) is 3.64. The van der Waals surface area contributed by atoms with Crippen molar-refractivity contribution < 1.29 is 19.1 Å². The van der Waals surface area contributed by atoms with Gasteiger partial charge in [0.15, 0.2) is 0 Å². The number of amides is 2. The van der Waals surface area contributed by atoms with E-state index >= 15 is 0 Å². The van der Waals surface area contributed by atoms with E-state index in [0.717, 1.165) is 37.8 Å². The molecule has 20 heavy (non-hydrogen) atoms. The first-order chi connectivity index (χ1) is 9.49. The summed E-state index contributed by atoms with van der Waals surface area (Å²) in [7, 11) is 1.72. The van der Waals surface area contributed by atoms with Crippen molar-refractivity contribution in [1.82, 2.24) is 4.90 Å². The molecule has 108 valence electrons. The highest BCUT2D eigenvalue weighted by molar-refractivity contribution is 5.93. The maximum Gasteiger partial charge on any atom is 0.338 e. The second kappa shape index (κ2) is 5.90. The molecule has 6 heteroatoms. The number of rotatable bonds is 3. The lowest BCUT2D eigenvalue weighted by Gasteiger charge is -2.24. The van der Waals surface area contributed by atoms with Gasteiger partial charge >= 0.3 is 12.0 Å². The zero-order valence-corrected chi connectivity index (χ0v) is 11.2. The fraction of sp³-hybridized carbons (Fsp3) is 0.429. The van der Waals surface area contributed by atoms with Crippen LogP contribution in [0.4, 0.5) is 14.9 Å². The molecule has 1 aromatic carbocycles. The van der Waals surface area contributed by atoms with Crippen LogP contribution in [0.2, 0.25) is 0 Å². The molecule has 0 spiro atoms. The summed E-state index contributed by atoms with van der Waals surface area (Å²) in [5.41, 5.74) is -0.176. The molecule has 2 amide bonds. The third kappa shape index (κ3) is 3.07. The van der Waals surface area contributed by atoms with Crippen molar-refractivity contribution in [3.8, 4) is 0 Å². The van der Waals surface area contributed by atoms with Crippen molar-refractivity contribution >= 4 is 17.7 Å². The summed E-state index contributed by atoms with van der Waals surface area (Å²) in [6, 6.07) is 3.42. The SMILES string of the molecule is CN(C(=O)Nc1ccc(F)c(C(=O)O)c1)C1CCCC1. The lowest BCUT2D eigenvalue weighted by atomic mass is 10.2. The molecule has 2 rings (SSSR count). The zero-order chi connectivity index (χ0) is 14.7. The Bertz CT molecular complexity index is 527. The second-order valence-electron chi connectivity index (χ2n) is 4.98. The van der Waals surface area contributed by atoms with Crippen LogP contribution in [0.1, 0.15) is 36.0 Å². The molecule has 0 heterocycles. The molecule has 2 N–H and O–H groups in total. The number of nitrogens with one attached hydrogen (secondary N) is 1. The van der Waals surface area contributed by atoms with Crippen LogP contribution in [0.25, 0.3) is 0 Å². The molecule has 5 nitrogen and oxygen atoms in total. The minimum Gasteiger partial charge on any atom is -0.478 e. The molecule has 0 saturated heterocycles. The summed E-state index contributed by atoms with van der Waals surface area (Å²) in [4.78, 5) is 24.5. The first kappa shape index (κ1) is 14.3. The molecule has 1 aliphatic carbocycles. The molecule has 0 radical (unpaired) electrons. The first-order valence-electron chi connectivity index (χ1n) is 6.55. The quantitative estimate of drug-likeness (QED) is 0.894. The largest absolute Gasteiger partial charge is 0.478 e. The molecule has 1 aliphatic rings. The third-order valence-corrected chi connectivity index (χ3v) is 3.64. The van der Waals surface area contributed by atoms with Gasteiger partial charge in [0.1, 0.15) is 5.82 Å². The van der Waals surface area contributed by atoms with Gasteiger partial charge in [-0.3, -0.25) is 0 Å². The van der Waals surface area contributed by atoms with E-state index in [0.29, 0.717) is 0 Å². The van der Waals surface area contributed by atoms with E-state index < -0.39 is 17.3 Å². The fourth-order valence-corrected chi connectivity index (χ4v) is 2.44. The Balaban J connectivity index is 2.07. The Kier molecular flexibility index (Phi) is 4.22. The average Bonchev–Trinajstić information content (AvgIpc) is 2.93. The number of carbonyl (C=O) groups is 2. The number of nitrogens with zero attached hydrogens (tertiary/aromatic N) is 1. The lowest BCUT2D eigenvalue weighted by molar-refractivity contribution is 0.0692. The van der Waals surface area contributed by atoms with Gasteiger partial charge in [-0.2, -0.15) is 0 Å². The molecular weight excluding hydrogens is 263 g/mol. The van der Waals surface area contributed by atoms with Gasteiger partial charge in [0, 0.05) is 18.8 Å². The summed E-state index contributed by atoms with van der Waals surface area (Å²) in [6.07, 6.45) is 4.19. The van der Waals surface area contributed by atoms with Crippen molar-refractivity contribution in [3.63, 3.8) is 0 Å². The van der Waals surface area contributed by atoms with Crippen LogP contribution in [0.5, 0.6) is 0 Å². The molecule has 0 unspecified atom stereocenters. The van der Waals surface area contributed by atoms with Crippen LogP contribution >= 0.6 is 0 Å². The normalized spacial score (nSPS) is 15.1. The molecule has 0 atom stereocenters. The van der Waals surface area contributed by atoms with Crippen molar-refractivity contribution in [2.75, 3.05) is 12.4 Å². The van der Waals surface area contributed by atoms with E-state index in [1.807, 2.05) is 0 Å². The Morgan fingerprint density at radius 3 is 2.60 bits per heavy atom. The van der Waals surface area contributed by atoms with Crippen LogP contribution in [0.15, 0.2) is 18.2 Å². The highest BCUT2D eigenvalue weighted by Gasteiger charge is 2.23. The maximum atomic E-state index is 13.3. The number of carbonyl (C=O) groups excluding carboxylic acids is 1. The Hall–Kier alpha value is -2.11. The van der Waals surface area contributed by atoms with E-state index in [1.165, 1.54) is 6.07 Å². The molecule has 1 saturated carbocycles. The smallest absolute Gasteiger partial charge is 0.338 e. The first-order valence-corrected chi connectivity index (χ1v) is 6.55. The van der Waals surface area contributed by atoms with Gasteiger partial charge in [0.2, 0.25) is 0 Å². The Morgan fingerprint density at radius 2 is 2.00 bits per heavy atom. The average molecular weight is 280 g/mol. The maximum absolute atomic E-state index is 13.3. The number of aromatic carboxylic acids is 1. The number of hydrogen-bond acceptors (Lipinski definition) is 2. The molecule has 0 aliphatic heterocycles. The summed E-state index contributed by atoms with van der Waals surface area (Å²) in [5.74, 6) is -2.18. The summed E-state index contributed by atoms with van der Waals surface area (Å²) in [5, 5.41) is 11.4. The van der Waals surface area contributed by atoms with Crippen molar-refractivity contribution in [1.29, 1.82) is 0 Å². The number of halogens is 1. The van der Waals surface area contributed by atoms with Gasteiger partial charge in [-0.15, -0.1) is 0 Å². The monoisotopic (exact) mass is 280 g/mol. The second-order valence-corrected chi connectivity index (χ2v) is 4.98. The summed E-state index contributed by atoms with van der Waals surface area (Å²) < 4.78 is 13.3. The molecule has 1 aromatic rings. The fourth-order valence-electron chi connectivity index (χ4n) is 2.44. The zero-order valence-electron chi connectivity index (χ0n) is 11.2. The minimum absolute atomic E-state index is 0.217. The van der Waals surface area contributed by atoms with Crippen molar-refractivity contribution in [2.24, 2.45) is 0 Å². The molecule has 1 fully saturated rings. The highest BCUT2D eigenvalue weighted by atomic mass is 19.1. The summed E-state index contributed by atoms with van der Waals surface area (Å²) >= 11 is 0. The van der Waals surface area contributed by atoms with E-state index in [4.69, 9.17) is 5.11 Å². The van der Waals surface area contributed by atoms with Crippen LogP contribution in [-0.4, -0.2) is 35.1 Å². The van der Waals surface area contributed by atoms with Crippen LogP contribution in [0, 0.1) is 5.82 Å². The van der Waals surface area contributed by atoms with E-state index in [1.54, 1.807) is 11.9 Å². The summed E-state index contributed by atoms with van der Waals surface area (Å²) in [6.45, 7) is 0. The van der Waals surface area contributed by atoms with Crippen LogP contribution in [0.3, 0.4) is 0 Å². The number of carboxylic acid groups (broad SMARTS) is 1. The van der Waals surface area contributed by atoms with Gasteiger partial charge in [0.25, 0.3) is 0 Å². The van der Waals surface area contributed by atoms with Gasteiger partial charge in [-0.05, 0) is 31.0 Å². The number of anilines is 1. The minimum atomic E-state index is -1.36. The molecular formula is C14H17FN2O3. The highest BCUT2D eigenvalue weighted by Crippen LogP contribution is 2.23. The van der Waals surface area contributed by atoms with Gasteiger partial charge in [-0.25, -0.2) is 14.0 Å². The number of hydrogen-bond donors (Lipinski definition) is 2. The Morgan fingerprint density at radius 1 is 1.35 bits per heavy atom. The van der Waals surface area contributed by atoms with Gasteiger partial charge in [0.05, 0.1) is 5.56 Å². The topological polar surface area (TPSA) is 69.6 Å². The molecule has 0 bridgehead atoms. The van der Waals surface area contributed by atoms with Crippen LogP contribution in [-0.2, 0) is 0 Å². The van der Waals surface area contributed by atoms with Crippen molar-refractivity contribution in [3.05, 3.63) is 29.6 Å². The standard InChI is InChI=1S/C14H17FN2O3/c1-17(10-4-2-3-5-10)14(20)16-9-6-7-12(15)11(8-9)13(18)19/h6-8,10H,2-5H2,1H3,(H,16,20)(H,18,19). The van der Waals surface area contributed by atoms with E-state index in [9.17, 15) is 14.0 Å². The molecule has 0 aromatic heterocycles. The van der Waals surface area contributed by atoms with E-state index in [2.05, 4.69) is 5.32 Å². The van der Waals surface area contributed by atoms with Gasteiger partial charge in [-0.1, -0.05) is 12.8 Å². The predicted molar refractivity (Wildman–Crippen MR) is 72.4 cm³/mol. The number of urea groups is 1. The number of carboxylic acids is 1. The van der Waals surface area contributed by atoms with Crippen LogP contribution < -0.4 is 5.32 Å². The number of benzene rings is 1. The van der Waals surface area contributed by atoms with Gasteiger partial charge < -0.3 is 15.3 Å². The van der Waals surface area contributed by atoms with Crippen molar-refractivity contribution in [2.45, 2.75) is 31.7 Å². The lowest BCUT2D eigenvalue weighted by Crippen LogP contribution is -2.38. The Labute approximate surface area is 116 Å².